The largest absolute Gasteiger partial charge is 0.493 e. The molecule has 2 fully saturated rings. The highest BCUT2D eigenvalue weighted by molar-refractivity contribution is 5.80. The van der Waals surface area contributed by atoms with E-state index in [9.17, 15) is 15.0 Å². The molecule has 1 aliphatic carbocycles. The van der Waals surface area contributed by atoms with Crippen LogP contribution < -0.4 is 0 Å². The zero-order valence-electron chi connectivity index (χ0n) is 17.8. The summed E-state index contributed by atoms with van der Waals surface area (Å²) in [6, 6.07) is 0. The summed E-state index contributed by atoms with van der Waals surface area (Å²) in [5.74, 6) is 1.36. The first-order valence-corrected chi connectivity index (χ1v) is 10.0. The molecule has 158 valence electrons. The Bertz CT molecular complexity index is 647. The van der Waals surface area contributed by atoms with Crippen molar-refractivity contribution in [1.29, 1.82) is 0 Å². The third-order valence-electron chi connectivity index (χ3n) is 6.01. The highest BCUT2D eigenvalue weighted by atomic mass is 16.5. The number of carbonyl (C=O) groups is 1. The zero-order valence-corrected chi connectivity index (χ0v) is 17.8. The smallest absolute Gasteiger partial charge is 0.251 e. The lowest BCUT2D eigenvalue weighted by Gasteiger charge is -2.34. The maximum atomic E-state index is 12.3. The van der Waals surface area contributed by atoms with Crippen LogP contribution in [0, 0.1) is 17.3 Å². The van der Waals surface area contributed by atoms with Crippen LogP contribution in [-0.4, -0.2) is 60.0 Å². The summed E-state index contributed by atoms with van der Waals surface area (Å²) in [5.41, 5.74) is 0.203. The number of amides is 1. The molecule has 6 nitrogen and oxygen atoms in total. The van der Waals surface area contributed by atoms with Crippen LogP contribution >= 0.6 is 0 Å². The topological polar surface area (TPSA) is 79.2 Å². The van der Waals surface area contributed by atoms with Gasteiger partial charge in [-0.3, -0.25) is 4.79 Å². The third-order valence-corrected chi connectivity index (χ3v) is 6.01. The fraction of sp³-hybridized carbons (Fsp3) is 0.682. The molecule has 0 aromatic heterocycles. The molecule has 0 bridgehead atoms. The number of ether oxygens (including phenoxy) is 2. The van der Waals surface area contributed by atoms with Gasteiger partial charge >= 0.3 is 0 Å². The van der Waals surface area contributed by atoms with Gasteiger partial charge in [-0.2, -0.15) is 0 Å². The van der Waals surface area contributed by atoms with Crippen molar-refractivity contribution in [2.45, 2.75) is 52.7 Å². The second-order valence-corrected chi connectivity index (χ2v) is 8.32. The van der Waals surface area contributed by atoms with Crippen molar-refractivity contribution in [3.05, 3.63) is 35.8 Å². The fourth-order valence-corrected chi connectivity index (χ4v) is 3.72. The molecule has 2 aliphatic rings. The molecule has 1 saturated carbocycles. The van der Waals surface area contributed by atoms with Crippen LogP contribution in [0.15, 0.2) is 35.8 Å². The van der Waals surface area contributed by atoms with E-state index in [1.54, 1.807) is 18.9 Å². The monoisotopic (exact) mass is 393 g/mol. The predicted molar refractivity (Wildman–Crippen MR) is 108 cm³/mol. The minimum absolute atomic E-state index is 0.162. The molecule has 4 atom stereocenters. The molecule has 0 radical (unpaired) electrons. The molecule has 1 heterocycles. The molecule has 0 spiro atoms. The average molecular weight is 394 g/mol. The Balaban J connectivity index is 2.27. The summed E-state index contributed by atoms with van der Waals surface area (Å²) >= 11 is 0. The van der Waals surface area contributed by atoms with Gasteiger partial charge in [0.1, 0.15) is 6.10 Å². The molecule has 1 amide bonds. The normalized spacial score (nSPS) is 28.1. The highest BCUT2D eigenvalue weighted by Gasteiger charge is 2.48. The molecular formula is C22H35NO5. The second kappa shape index (κ2) is 9.14. The number of nitrogens with zero attached hydrogens (tertiary/aromatic N) is 1. The van der Waals surface area contributed by atoms with Crippen LogP contribution in [0.25, 0.3) is 0 Å². The molecule has 28 heavy (non-hydrogen) atoms. The first kappa shape index (κ1) is 22.5. The van der Waals surface area contributed by atoms with E-state index < -0.39 is 17.6 Å². The summed E-state index contributed by atoms with van der Waals surface area (Å²) < 4.78 is 11.5. The Labute approximate surface area is 168 Å². The molecule has 6 heteroatoms. The number of allylic oxidation sites excluding steroid dienone is 2. The number of hydrogen-bond acceptors (Lipinski definition) is 5. The number of aliphatic hydroxyl groups is 2. The van der Waals surface area contributed by atoms with Crippen molar-refractivity contribution in [2.24, 2.45) is 17.3 Å². The van der Waals surface area contributed by atoms with Crippen LogP contribution in [0.1, 0.15) is 40.5 Å². The van der Waals surface area contributed by atoms with Crippen molar-refractivity contribution in [1.82, 2.24) is 4.90 Å². The van der Waals surface area contributed by atoms with E-state index in [2.05, 4.69) is 6.58 Å². The summed E-state index contributed by atoms with van der Waals surface area (Å²) in [4.78, 5) is 13.9. The molecule has 1 saturated heterocycles. The van der Waals surface area contributed by atoms with E-state index in [0.29, 0.717) is 37.1 Å². The molecule has 2 N–H and O–H groups in total. The van der Waals surface area contributed by atoms with Gasteiger partial charge in [0.15, 0.2) is 11.5 Å². The van der Waals surface area contributed by atoms with Crippen molar-refractivity contribution in [3.63, 3.8) is 0 Å². The Kier molecular flexibility index (Phi) is 7.34. The number of aliphatic hydroxyl groups excluding tert-OH is 2. The van der Waals surface area contributed by atoms with E-state index in [1.165, 1.54) is 19.8 Å². The number of likely N-dealkylation sites (tertiary alicyclic amines) is 1. The van der Waals surface area contributed by atoms with Gasteiger partial charge in [0.25, 0.3) is 5.91 Å². The number of hydrogen-bond donors (Lipinski definition) is 2. The zero-order chi connectivity index (χ0) is 21.1. The van der Waals surface area contributed by atoms with Crippen molar-refractivity contribution in [2.75, 3.05) is 26.8 Å². The van der Waals surface area contributed by atoms with Gasteiger partial charge < -0.3 is 24.6 Å². The van der Waals surface area contributed by atoms with Crippen molar-refractivity contribution in [3.8, 4) is 0 Å². The van der Waals surface area contributed by atoms with Gasteiger partial charge in [-0.15, -0.1) is 0 Å². The van der Waals surface area contributed by atoms with Gasteiger partial charge in [-0.1, -0.05) is 13.5 Å². The minimum atomic E-state index is -1.07. The maximum Gasteiger partial charge on any atom is 0.251 e. The molecule has 1 aliphatic heterocycles. The lowest BCUT2D eigenvalue weighted by molar-refractivity contribution is -0.138. The van der Waals surface area contributed by atoms with Gasteiger partial charge in [-0.05, 0) is 57.3 Å². The summed E-state index contributed by atoms with van der Waals surface area (Å²) in [6.45, 7) is 12.7. The second-order valence-electron chi connectivity index (χ2n) is 8.32. The lowest BCUT2D eigenvalue weighted by atomic mass is 9.72. The minimum Gasteiger partial charge on any atom is -0.493 e. The van der Waals surface area contributed by atoms with Crippen LogP contribution in [0.4, 0.5) is 0 Å². The Morgan fingerprint density at radius 1 is 1.32 bits per heavy atom. The third kappa shape index (κ3) is 4.97. The highest BCUT2D eigenvalue weighted by Crippen LogP contribution is 2.43. The molecular weight excluding hydrogens is 358 g/mol. The van der Waals surface area contributed by atoms with Gasteiger partial charge in [0, 0.05) is 24.4 Å². The van der Waals surface area contributed by atoms with Crippen LogP contribution in [0.2, 0.25) is 0 Å². The lowest BCUT2D eigenvalue weighted by Crippen LogP contribution is -2.40. The number of methoxy groups -OCH3 is 1. The Morgan fingerprint density at radius 2 is 1.96 bits per heavy atom. The van der Waals surface area contributed by atoms with Crippen LogP contribution in [-0.2, 0) is 14.3 Å². The number of rotatable bonds is 9. The van der Waals surface area contributed by atoms with E-state index in [0.717, 1.165) is 5.57 Å². The van der Waals surface area contributed by atoms with E-state index in [4.69, 9.17) is 9.47 Å². The Hall–Kier alpha value is -1.79. The summed E-state index contributed by atoms with van der Waals surface area (Å²) in [7, 11) is 1.60. The average Bonchev–Trinajstić information content (AvgIpc) is 3.40. The standard InChI is InChI=1S/C22H35NO5/c1-7-19(27-6)20(28-12-17-8-9-17)10-14(2)18-11-23(21(26)15(3)24)13-22(18,5)16(4)25/h7,10,15-18,24-25H,2,8-9,11-13H2,1,3-6H3/b19-7+,20-10+/t15-,16+,18-,22-/m0/s1. The van der Waals surface area contributed by atoms with E-state index in [-0.39, 0.29) is 11.8 Å². The van der Waals surface area contributed by atoms with E-state index >= 15 is 0 Å². The predicted octanol–water partition coefficient (Wildman–Crippen LogP) is 2.63. The first-order valence-electron chi connectivity index (χ1n) is 10.0. The van der Waals surface area contributed by atoms with Gasteiger partial charge in [-0.25, -0.2) is 0 Å². The van der Waals surface area contributed by atoms with Gasteiger partial charge in [0.2, 0.25) is 0 Å². The number of carbonyl (C=O) groups excluding carboxylic acids is 1. The van der Waals surface area contributed by atoms with Crippen molar-refractivity contribution >= 4 is 5.91 Å². The SMILES string of the molecule is C=C(/C=C(OCC1CC1)\C(=C/C)OC)[C@@H]1CN(C(=O)[C@H](C)O)C[C@@]1(C)[C@@H](C)O. The molecule has 0 aromatic rings. The quantitative estimate of drug-likeness (QED) is 0.465. The summed E-state index contributed by atoms with van der Waals surface area (Å²) in [5, 5.41) is 20.2. The molecule has 0 unspecified atom stereocenters. The van der Waals surface area contributed by atoms with Gasteiger partial charge in [0.05, 0.1) is 19.8 Å². The first-order chi connectivity index (χ1) is 13.1. The Morgan fingerprint density at radius 3 is 2.43 bits per heavy atom. The fourth-order valence-electron chi connectivity index (χ4n) is 3.72. The van der Waals surface area contributed by atoms with Crippen LogP contribution in [0.3, 0.4) is 0 Å². The van der Waals surface area contributed by atoms with Crippen LogP contribution in [0.5, 0.6) is 0 Å². The maximum absolute atomic E-state index is 12.3. The van der Waals surface area contributed by atoms with E-state index in [1.807, 2.05) is 26.0 Å². The van der Waals surface area contributed by atoms with Crippen molar-refractivity contribution < 1.29 is 24.5 Å². The molecule has 0 aromatic carbocycles. The molecule has 2 rings (SSSR count). The summed E-state index contributed by atoms with van der Waals surface area (Å²) in [6.07, 6.45) is 4.37.